The normalized spacial score (nSPS) is 17.6. The van der Waals surface area contributed by atoms with Crippen LogP contribution in [0.3, 0.4) is 0 Å². The third-order valence-corrected chi connectivity index (χ3v) is 3.34. The molecule has 0 bridgehead atoms. The van der Waals surface area contributed by atoms with E-state index >= 15 is 0 Å². The van der Waals surface area contributed by atoms with Gasteiger partial charge in [0.05, 0.1) is 12.6 Å². The fourth-order valence-corrected chi connectivity index (χ4v) is 2.36. The van der Waals surface area contributed by atoms with Gasteiger partial charge in [-0.25, -0.2) is 0 Å². The van der Waals surface area contributed by atoms with Crippen LogP contribution in [0.1, 0.15) is 18.4 Å². The van der Waals surface area contributed by atoms with Crippen LogP contribution >= 0.6 is 12.4 Å². The highest BCUT2D eigenvalue weighted by Crippen LogP contribution is 2.15. The van der Waals surface area contributed by atoms with Gasteiger partial charge in [0.25, 0.3) is 0 Å². The van der Waals surface area contributed by atoms with Gasteiger partial charge in [-0.05, 0) is 25.5 Å². The number of benzene rings is 1. The molecular weight excluding hydrogens is 276 g/mol. The van der Waals surface area contributed by atoms with Crippen molar-refractivity contribution in [1.29, 1.82) is 0 Å². The number of ether oxygens (including phenoxy) is 1. The van der Waals surface area contributed by atoms with Gasteiger partial charge in [-0.3, -0.25) is 4.79 Å². The van der Waals surface area contributed by atoms with Gasteiger partial charge >= 0.3 is 0 Å². The maximum absolute atomic E-state index is 12.1. The lowest BCUT2D eigenvalue weighted by Crippen LogP contribution is -2.41. The number of amides is 1. The SMILES string of the molecule is CNCC(=O)N(Cc1ccccc1)CC1CCCO1.Cl. The lowest BCUT2D eigenvalue weighted by Gasteiger charge is -2.25. The Morgan fingerprint density at radius 2 is 2.15 bits per heavy atom. The standard InChI is InChI=1S/C15H22N2O2.ClH/c1-16-10-15(18)17(12-14-8-5-9-19-14)11-13-6-3-2-4-7-13;/h2-4,6-7,14,16H,5,8-12H2,1H3;1H. The average molecular weight is 299 g/mol. The van der Waals surface area contributed by atoms with E-state index in [9.17, 15) is 4.79 Å². The maximum Gasteiger partial charge on any atom is 0.236 e. The first-order valence-electron chi connectivity index (χ1n) is 6.87. The van der Waals surface area contributed by atoms with E-state index in [-0.39, 0.29) is 24.4 Å². The average Bonchev–Trinajstić information content (AvgIpc) is 2.92. The topological polar surface area (TPSA) is 41.6 Å². The zero-order chi connectivity index (χ0) is 13.5. The molecule has 0 aromatic heterocycles. The Labute approximate surface area is 126 Å². The molecule has 112 valence electrons. The molecule has 1 aliphatic heterocycles. The summed E-state index contributed by atoms with van der Waals surface area (Å²) in [4.78, 5) is 14.0. The van der Waals surface area contributed by atoms with E-state index in [2.05, 4.69) is 17.4 Å². The van der Waals surface area contributed by atoms with Gasteiger partial charge in [0.15, 0.2) is 0 Å². The van der Waals surface area contributed by atoms with E-state index in [1.165, 1.54) is 0 Å². The fourth-order valence-electron chi connectivity index (χ4n) is 2.36. The zero-order valence-electron chi connectivity index (χ0n) is 11.9. The molecule has 1 heterocycles. The molecular formula is C15H23ClN2O2. The molecule has 2 rings (SSSR count). The van der Waals surface area contributed by atoms with Crippen LogP contribution in [-0.4, -0.2) is 43.7 Å². The summed E-state index contributed by atoms with van der Waals surface area (Å²) in [5.74, 6) is 0.127. The summed E-state index contributed by atoms with van der Waals surface area (Å²) in [6.45, 7) is 2.54. The Hall–Kier alpha value is -1.10. The Balaban J connectivity index is 0.00000200. The molecule has 1 aromatic carbocycles. The van der Waals surface area contributed by atoms with Crippen molar-refractivity contribution >= 4 is 18.3 Å². The van der Waals surface area contributed by atoms with E-state index in [0.29, 0.717) is 19.6 Å². The first-order valence-corrected chi connectivity index (χ1v) is 6.87. The Morgan fingerprint density at radius 1 is 1.40 bits per heavy atom. The second-order valence-electron chi connectivity index (χ2n) is 4.93. The van der Waals surface area contributed by atoms with Crippen molar-refractivity contribution in [2.24, 2.45) is 0 Å². The van der Waals surface area contributed by atoms with E-state index in [1.54, 1.807) is 7.05 Å². The highest BCUT2D eigenvalue weighted by molar-refractivity contribution is 5.85. The van der Waals surface area contributed by atoms with E-state index in [4.69, 9.17) is 4.74 Å². The summed E-state index contributed by atoms with van der Waals surface area (Å²) in [5.41, 5.74) is 1.16. The molecule has 0 spiro atoms. The summed E-state index contributed by atoms with van der Waals surface area (Å²) in [7, 11) is 1.80. The molecule has 0 saturated carbocycles. The minimum atomic E-state index is 0. The first-order chi connectivity index (χ1) is 9.29. The minimum Gasteiger partial charge on any atom is -0.376 e. The minimum absolute atomic E-state index is 0. The second-order valence-corrected chi connectivity index (χ2v) is 4.93. The van der Waals surface area contributed by atoms with Crippen LogP contribution in [0.25, 0.3) is 0 Å². The van der Waals surface area contributed by atoms with E-state index < -0.39 is 0 Å². The lowest BCUT2D eigenvalue weighted by molar-refractivity contribution is -0.132. The summed E-state index contributed by atoms with van der Waals surface area (Å²) in [6.07, 6.45) is 2.35. The Kier molecular flexibility index (Phi) is 7.59. The van der Waals surface area contributed by atoms with Crippen molar-refractivity contribution in [3.63, 3.8) is 0 Å². The van der Waals surface area contributed by atoms with Gasteiger partial charge in [0, 0.05) is 19.7 Å². The quantitative estimate of drug-likeness (QED) is 0.871. The van der Waals surface area contributed by atoms with Crippen molar-refractivity contribution in [3.8, 4) is 0 Å². The number of nitrogens with one attached hydrogen (secondary N) is 1. The molecule has 1 amide bonds. The summed E-state index contributed by atoms with van der Waals surface area (Å²) < 4.78 is 5.64. The number of carbonyl (C=O) groups is 1. The van der Waals surface area contributed by atoms with Crippen LogP contribution in [0.4, 0.5) is 0 Å². The van der Waals surface area contributed by atoms with Crippen LogP contribution in [0.15, 0.2) is 30.3 Å². The van der Waals surface area contributed by atoms with Crippen LogP contribution < -0.4 is 5.32 Å². The van der Waals surface area contributed by atoms with Gasteiger partial charge in [-0.1, -0.05) is 30.3 Å². The second kappa shape index (κ2) is 8.95. The van der Waals surface area contributed by atoms with Crippen LogP contribution in [0, 0.1) is 0 Å². The first kappa shape index (κ1) is 17.0. The molecule has 1 N–H and O–H groups in total. The monoisotopic (exact) mass is 298 g/mol. The summed E-state index contributed by atoms with van der Waals surface area (Å²) in [6, 6.07) is 10.1. The summed E-state index contributed by atoms with van der Waals surface area (Å²) in [5, 5.41) is 2.93. The zero-order valence-corrected chi connectivity index (χ0v) is 12.7. The third kappa shape index (κ3) is 5.12. The Bertz CT molecular complexity index is 394. The third-order valence-electron chi connectivity index (χ3n) is 3.34. The van der Waals surface area contributed by atoms with Crippen LogP contribution in [0.5, 0.6) is 0 Å². The number of rotatable bonds is 6. The molecule has 0 aliphatic carbocycles. The predicted octanol–water partition coefficient (Wildman–Crippen LogP) is 1.84. The van der Waals surface area contributed by atoms with E-state index in [0.717, 1.165) is 25.0 Å². The molecule has 1 unspecified atom stereocenters. The molecule has 1 aromatic rings. The molecule has 1 saturated heterocycles. The van der Waals surface area contributed by atoms with Crippen molar-refractivity contribution in [2.45, 2.75) is 25.5 Å². The predicted molar refractivity (Wildman–Crippen MR) is 82.0 cm³/mol. The van der Waals surface area contributed by atoms with Crippen molar-refractivity contribution in [1.82, 2.24) is 10.2 Å². The van der Waals surface area contributed by atoms with Gasteiger partial charge < -0.3 is 15.0 Å². The van der Waals surface area contributed by atoms with Crippen LogP contribution in [0.2, 0.25) is 0 Å². The number of hydrogen-bond donors (Lipinski definition) is 1. The van der Waals surface area contributed by atoms with E-state index in [1.807, 2.05) is 23.1 Å². The van der Waals surface area contributed by atoms with Crippen LogP contribution in [-0.2, 0) is 16.1 Å². The van der Waals surface area contributed by atoms with Crippen molar-refractivity contribution in [3.05, 3.63) is 35.9 Å². The smallest absolute Gasteiger partial charge is 0.236 e. The number of likely N-dealkylation sites (N-methyl/N-ethyl adjacent to an activating group) is 1. The molecule has 5 heteroatoms. The van der Waals surface area contributed by atoms with Gasteiger partial charge in [-0.15, -0.1) is 12.4 Å². The van der Waals surface area contributed by atoms with Gasteiger partial charge in [0.1, 0.15) is 0 Å². The Morgan fingerprint density at radius 3 is 2.75 bits per heavy atom. The number of hydrogen-bond acceptors (Lipinski definition) is 3. The molecule has 0 radical (unpaired) electrons. The number of halogens is 1. The maximum atomic E-state index is 12.1. The molecule has 1 fully saturated rings. The van der Waals surface area contributed by atoms with Crippen molar-refractivity contribution < 1.29 is 9.53 Å². The van der Waals surface area contributed by atoms with Gasteiger partial charge in [-0.2, -0.15) is 0 Å². The molecule has 4 nitrogen and oxygen atoms in total. The lowest BCUT2D eigenvalue weighted by atomic mass is 10.2. The highest BCUT2D eigenvalue weighted by Gasteiger charge is 2.22. The molecule has 1 atom stereocenters. The summed E-state index contributed by atoms with van der Waals surface area (Å²) >= 11 is 0. The van der Waals surface area contributed by atoms with Crippen molar-refractivity contribution in [2.75, 3.05) is 26.7 Å². The largest absolute Gasteiger partial charge is 0.376 e. The number of nitrogens with zero attached hydrogens (tertiary/aromatic N) is 1. The molecule has 1 aliphatic rings. The highest BCUT2D eigenvalue weighted by atomic mass is 35.5. The fraction of sp³-hybridized carbons (Fsp3) is 0.533. The number of carbonyl (C=O) groups excluding carboxylic acids is 1. The van der Waals surface area contributed by atoms with Gasteiger partial charge in [0.2, 0.25) is 5.91 Å². The molecule has 20 heavy (non-hydrogen) atoms.